The van der Waals surface area contributed by atoms with E-state index in [1.54, 1.807) is 20.8 Å². The molecule has 15 heteroatoms. The minimum atomic E-state index is -5.12. The van der Waals surface area contributed by atoms with Crippen molar-refractivity contribution in [1.82, 2.24) is 9.24 Å². The van der Waals surface area contributed by atoms with E-state index in [0.717, 1.165) is 21.7 Å². The van der Waals surface area contributed by atoms with E-state index in [9.17, 15) is 35.6 Å². The molecule has 0 aliphatic rings. The van der Waals surface area contributed by atoms with Crippen LogP contribution in [0.1, 0.15) is 33.4 Å². The standard InChI is InChI=1S/C17H19ClF4N4O4S2/c1-5-32(29,30)26(31-16(2,3)4)11-7-12(10(19)6-9(11)18)24-14(27)8-13(17(20,21)22)25(23)15(24)28/h6-8H,5,23H2,1-4H3. The first-order valence-electron chi connectivity index (χ1n) is 8.83. The maximum atomic E-state index is 14.7. The number of hydrogen-bond donors (Lipinski definition) is 1. The Morgan fingerprint density at radius 3 is 2.19 bits per heavy atom. The number of nitrogens with zero attached hydrogens (tertiary/aromatic N) is 3. The lowest BCUT2D eigenvalue weighted by Crippen LogP contribution is -2.45. The molecule has 0 spiro atoms. The molecule has 0 amide bonds. The molecule has 0 fully saturated rings. The van der Waals surface area contributed by atoms with Crippen molar-refractivity contribution in [3.05, 3.63) is 55.6 Å². The minimum Gasteiger partial charge on any atom is -0.335 e. The van der Waals surface area contributed by atoms with Crippen molar-refractivity contribution in [1.29, 1.82) is 0 Å². The normalized spacial score (nSPS) is 12.8. The predicted molar refractivity (Wildman–Crippen MR) is 116 cm³/mol. The molecule has 178 valence electrons. The molecule has 8 nitrogen and oxygen atoms in total. The van der Waals surface area contributed by atoms with Gasteiger partial charge in [-0.05, 0) is 51.8 Å². The minimum absolute atomic E-state index is 0.0274. The van der Waals surface area contributed by atoms with Gasteiger partial charge >= 0.3 is 11.9 Å². The van der Waals surface area contributed by atoms with Crippen LogP contribution < -0.4 is 20.8 Å². The number of benzene rings is 1. The fraction of sp³-hybridized carbons (Fsp3) is 0.412. The third kappa shape index (κ3) is 5.23. The van der Waals surface area contributed by atoms with Crippen LogP contribution in [0, 0.1) is 5.82 Å². The van der Waals surface area contributed by atoms with E-state index >= 15 is 0 Å². The maximum absolute atomic E-state index is 14.7. The predicted octanol–water partition coefficient (Wildman–Crippen LogP) is 3.13. The summed E-state index contributed by atoms with van der Waals surface area (Å²) < 4.78 is 79.0. The first kappa shape index (κ1) is 26.1. The monoisotopic (exact) mass is 518 g/mol. The second kappa shape index (κ2) is 8.63. The Morgan fingerprint density at radius 2 is 1.72 bits per heavy atom. The van der Waals surface area contributed by atoms with Crippen molar-refractivity contribution in [2.75, 3.05) is 15.3 Å². The van der Waals surface area contributed by atoms with E-state index in [4.69, 9.17) is 17.4 Å². The third-order valence-corrected chi connectivity index (χ3v) is 7.41. The van der Waals surface area contributed by atoms with Crippen LogP contribution in [-0.2, 0) is 16.2 Å². The molecule has 0 aliphatic carbocycles. The van der Waals surface area contributed by atoms with Gasteiger partial charge in [-0.15, -0.1) is 0 Å². The summed E-state index contributed by atoms with van der Waals surface area (Å²) >= 11 is 6.89. The van der Waals surface area contributed by atoms with Crippen molar-refractivity contribution in [3.8, 4) is 5.69 Å². The summed E-state index contributed by atoms with van der Waals surface area (Å²) in [5, 5.41) is -0.368. The molecule has 1 heterocycles. The Hall–Kier alpha value is -2.19. The van der Waals surface area contributed by atoms with Gasteiger partial charge in [0.1, 0.15) is 5.82 Å². The number of aromatic nitrogens is 2. The molecular weight excluding hydrogens is 500 g/mol. The number of nitrogen functional groups attached to an aromatic ring is 1. The fourth-order valence-corrected chi connectivity index (χ4v) is 5.66. The molecule has 0 atom stereocenters. The van der Waals surface area contributed by atoms with Crippen LogP contribution in [0.4, 0.5) is 23.2 Å². The first-order chi connectivity index (χ1) is 14.4. The van der Waals surface area contributed by atoms with Gasteiger partial charge in [0.05, 0.1) is 22.2 Å². The molecule has 32 heavy (non-hydrogen) atoms. The smallest absolute Gasteiger partial charge is 0.335 e. The van der Waals surface area contributed by atoms with Crippen LogP contribution in [0.15, 0.2) is 27.8 Å². The summed E-state index contributed by atoms with van der Waals surface area (Å²) in [4.78, 5) is 24.7. The summed E-state index contributed by atoms with van der Waals surface area (Å²) in [7, 11) is -3.99. The van der Waals surface area contributed by atoms with Crippen LogP contribution >= 0.6 is 23.5 Å². The molecule has 1 aromatic heterocycles. The van der Waals surface area contributed by atoms with Crippen LogP contribution in [0.25, 0.3) is 5.69 Å². The number of nitrogens with two attached hydrogens (primary N) is 1. The number of sulfonamides is 1. The maximum Gasteiger partial charge on any atom is 0.433 e. The van der Waals surface area contributed by atoms with Crippen LogP contribution in [0.5, 0.6) is 0 Å². The van der Waals surface area contributed by atoms with Crippen molar-refractivity contribution in [2.24, 2.45) is 0 Å². The van der Waals surface area contributed by atoms with Gasteiger partial charge in [0.15, 0.2) is 5.69 Å². The lowest BCUT2D eigenvalue weighted by Gasteiger charge is -2.30. The summed E-state index contributed by atoms with van der Waals surface area (Å²) in [6, 6.07) is 1.47. The number of anilines is 1. The van der Waals surface area contributed by atoms with Crippen molar-refractivity contribution < 1.29 is 26.0 Å². The molecule has 2 rings (SSSR count). The quantitative estimate of drug-likeness (QED) is 0.370. The number of rotatable bonds is 5. The molecule has 0 radical (unpaired) electrons. The van der Waals surface area contributed by atoms with Crippen LogP contribution in [0.2, 0.25) is 5.02 Å². The Kier molecular flexibility index (Phi) is 7.03. The highest BCUT2D eigenvalue weighted by atomic mass is 35.5. The second-order valence-corrected chi connectivity index (χ2v) is 12.0. The Morgan fingerprint density at radius 1 is 1.16 bits per heavy atom. The zero-order valence-corrected chi connectivity index (χ0v) is 19.6. The zero-order chi connectivity index (χ0) is 24.8. The largest absolute Gasteiger partial charge is 0.433 e. The Labute approximate surface area is 189 Å². The van der Waals surface area contributed by atoms with Gasteiger partial charge in [-0.1, -0.05) is 11.6 Å². The van der Waals surface area contributed by atoms with E-state index < -0.39 is 49.4 Å². The summed E-state index contributed by atoms with van der Waals surface area (Å²) in [5.41, 5.74) is -6.07. The van der Waals surface area contributed by atoms with Gasteiger partial charge in [0, 0.05) is 10.8 Å². The average Bonchev–Trinajstić information content (AvgIpc) is 2.63. The molecule has 0 bridgehead atoms. The van der Waals surface area contributed by atoms with Gasteiger partial charge in [-0.3, -0.25) is 4.79 Å². The Balaban J connectivity index is 2.88. The van der Waals surface area contributed by atoms with Gasteiger partial charge in [-0.2, -0.15) is 13.2 Å². The highest BCUT2D eigenvalue weighted by Gasteiger charge is 2.36. The number of hydrogen-bond acceptors (Lipinski definition) is 6. The third-order valence-electron chi connectivity index (χ3n) is 3.86. The number of alkyl halides is 3. The molecular formula is C17H19ClF4N4O4S2. The lowest BCUT2D eigenvalue weighted by molar-refractivity contribution is -0.143. The van der Waals surface area contributed by atoms with E-state index in [2.05, 4.69) is 0 Å². The second-order valence-electron chi connectivity index (χ2n) is 7.44. The molecule has 0 saturated heterocycles. The SMILES string of the molecule is CCS(=O)(=O)N(SC(C)(C)C)c1cc(-n2c(=O)cc(C(F)(F)F)n(N)c2=O)c(F)cc1Cl. The first-order valence-corrected chi connectivity index (χ1v) is 11.6. The summed E-state index contributed by atoms with van der Waals surface area (Å²) in [5.74, 6) is 3.57. The van der Waals surface area contributed by atoms with E-state index in [1.807, 2.05) is 0 Å². The number of halogens is 5. The topological polar surface area (TPSA) is 107 Å². The molecule has 0 aliphatic heterocycles. The highest BCUT2D eigenvalue weighted by molar-refractivity contribution is 8.15. The van der Waals surface area contributed by atoms with E-state index in [1.165, 1.54) is 6.92 Å². The van der Waals surface area contributed by atoms with Crippen LogP contribution in [0.3, 0.4) is 0 Å². The molecule has 1 aromatic carbocycles. The molecule has 0 unspecified atom stereocenters. The van der Waals surface area contributed by atoms with Crippen molar-refractivity contribution in [3.63, 3.8) is 0 Å². The van der Waals surface area contributed by atoms with Gasteiger partial charge in [0.2, 0.25) is 10.0 Å². The molecule has 0 saturated carbocycles. The molecule has 2 N–H and O–H groups in total. The fourth-order valence-electron chi connectivity index (χ4n) is 2.46. The van der Waals surface area contributed by atoms with E-state index in [0.29, 0.717) is 6.07 Å². The zero-order valence-electron chi connectivity index (χ0n) is 17.2. The van der Waals surface area contributed by atoms with Gasteiger partial charge in [0.25, 0.3) is 5.56 Å². The summed E-state index contributed by atoms with van der Waals surface area (Å²) in [6.07, 6.45) is -5.12. The summed E-state index contributed by atoms with van der Waals surface area (Å²) in [6.45, 7) is 6.45. The highest BCUT2D eigenvalue weighted by Crippen LogP contribution is 2.40. The van der Waals surface area contributed by atoms with E-state index in [-0.39, 0.29) is 31.8 Å². The van der Waals surface area contributed by atoms with Gasteiger partial charge < -0.3 is 5.84 Å². The van der Waals surface area contributed by atoms with Gasteiger partial charge in [-0.25, -0.2) is 30.6 Å². The Bertz CT molecular complexity index is 1270. The van der Waals surface area contributed by atoms with Crippen LogP contribution in [-0.4, -0.2) is 28.2 Å². The lowest BCUT2D eigenvalue weighted by atomic mass is 10.2. The molecule has 2 aromatic rings. The van der Waals surface area contributed by atoms with Crippen molar-refractivity contribution >= 4 is 39.3 Å². The van der Waals surface area contributed by atoms with Crippen molar-refractivity contribution in [2.45, 2.75) is 38.6 Å². The average molecular weight is 519 g/mol.